The minimum absolute atomic E-state index is 0.0589. The van der Waals surface area contributed by atoms with Crippen molar-refractivity contribution in [3.63, 3.8) is 0 Å². The van der Waals surface area contributed by atoms with E-state index < -0.39 is 0 Å². The van der Waals surface area contributed by atoms with Gasteiger partial charge in [-0.1, -0.05) is 6.08 Å². The molecule has 31 heavy (non-hydrogen) atoms. The van der Waals surface area contributed by atoms with Crippen molar-refractivity contribution in [3.8, 4) is 0 Å². The number of urea groups is 1. The fraction of sp³-hybridized carbons (Fsp3) is 0.273. The minimum Gasteiger partial charge on any atom is -0.340 e. The molecule has 1 saturated carbocycles. The Morgan fingerprint density at radius 2 is 2.10 bits per heavy atom. The van der Waals surface area contributed by atoms with E-state index >= 15 is 0 Å². The topological polar surface area (TPSA) is 83.0 Å². The van der Waals surface area contributed by atoms with Crippen molar-refractivity contribution in [1.29, 1.82) is 0 Å². The number of thiophene rings is 1. The van der Waals surface area contributed by atoms with Crippen LogP contribution in [0.15, 0.2) is 42.2 Å². The highest BCUT2D eigenvalue weighted by molar-refractivity contribution is 7.19. The Morgan fingerprint density at radius 1 is 1.16 bits per heavy atom. The van der Waals surface area contributed by atoms with Gasteiger partial charge in [0.25, 0.3) is 0 Å². The fourth-order valence-corrected chi connectivity index (χ4v) is 5.48. The number of fused-ring (bicyclic) bond motifs is 2. The number of nitrogens with one attached hydrogen (secondary N) is 2. The third-order valence-electron chi connectivity index (χ3n) is 5.64. The lowest BCUT2D eigenvalue weighted by atomic mass is 10.1. The van der Waals surface area contributed by atoms with Crippen LogP contribution < -0.4 is 10.6 Å². The molecule has 9 heteroatoms. The summed E-state index contributed by atoms with van der Waals surface area (Å²) in [4.78, 5) is 29.7. The molecular formula is C22H20N6OS2. The van der Waals surface area contributed by atoms with Gasteiger partial charge in [-0.3, -0.25) is 0 Å². The molecule has 1 aromatic carbocycles. The summed E-state index contributed by atoms with van der Waals surface area (Å²) in [7, 11) is 0. The maximum Gasteiger partial charge on any atom is 0.317 e. The average molecular weight is 449 g/mol. The summed E-state index contributed by atoms with van der Waals surface area (Å²) in [6, 6.07) is 8.77. The number of benzene rings is 1. The predicted octanol–water partition coefficient (Wildman–Crippen LogP) is 5.01. The van der Waals surface area contributed by atoms with E-state index in [1.807, 2.05) is 22.5 Å². The maximum absolute atomic E-state index is 12.3. The molecule has 4 aromatic rings. The Morgan fingerprint density at radius 3 is 2.94 bits per heavy atom. The third-order valence-corrected chi connectivity index (χ3v) is 7.57. The molecule has 2 N–H and O–H groups in total. The number of thiazole rings is 1. The van der Waals surface area contributed by atoms with Crippen LogP contribution in [0, 0.1) is 0 Å². The second kappa shape index (κ2) is 7.58. The van der Waals surface area contributed by atoms with Gasteiger partial charge in [0.1, 0.15) is 17.0 Å². The van der Waals surface area contributed by atoms with Crippen molar-refractivity contribution >= 4 is 66.2 Å². The molecule has 0 spiro atoms. The lowest BCUT2D eigenvalue weighted by Crippen LogP contribution is -2.42. The molecular weight excluding hydrogens is 428 g/mol. The zero-order valence-electron chi connectivity index (χ0n) is 16.7. The van der Waals surface area contributed by atoms with Crippen molar-refractivity contribution in [2.45, 2.75) is 25.3 Å². The van der Waals surface area contributed by atoms with Gasteiger partial charge in [0.05, 0.1) is 21.1 Å². The summed E-state index contributed by atoms with van der Waals surface area (Å²) in [6.07, 6.45) is 6.83. The van der Waals surface area contributed by atoms with Gasteiger partial charge < -0.3 is 15.5 Å². The quantitative estimate of drug-likeness (QED) is 0.459. The number of hydrogen-bond acceptors (Lipinski definition) is 7. The van der Waals surface area contributed by atoms with Crippen molar-refractivity contribution in [1.82, 2.24) is 25.2 Å². The molecule has 1 aliphatic heterocycles. The summed E-state index contributed by atoms with van der Waals surface area (Å²) in [5.41, 5.74) is 5.07. The molecule has 2 amide bonds. The van der Waals surface area contributed by atoms with E-state index in [1.165, 1.54) is 15.2 Å². The lowest BCUT2D eigenvalue weighted by molar-refractivity contribution is 0.202. The molecule has 1 fully saturated rings. The molecule has 4 heterocycles. The molecule has 0 unspecified atom stereocenters. The van der Waals surface area contributed by atoms with E-state index in [9.17, 15) is 4.79 Å². The molecule has 0 saturated heterocycles. The van der Waals surface area contributed by atoms with Crippen LogP contribution in [0.4, 0.5) is 16.3 Å². The van der Waals surface area contributed by atoms with Crippen molar-refractivity contribution < 1.29 is 4.79 Å². The van der Waals surface area contributed by atoms with Crippen LogP contribution in [0.1, 0.15) is 24.1 Å². The largest absolute Gasteiger partial charge is 0.340 e. The number of hydrogen-bond donors (Lipinski definition) is 2. The first-order valence-corrected chi connectivity index (χ1v) is 12.0. The molecule has 6 rings (SSSR count). The fourth-order valence-electron chi connectivity index (χ4n) is 3.76. The number of carbonyl (C=O) groups is 1. The number of aromatic nitrogens is 3. The van der Waals surface area contributed by atoms with Crippen molar-refractivity contribution in [2.24, 2.45) is 0 Å². The van der Waals surface area contributed by atoms with E-state index in [2.05, 4.69) is 43.8 Å². The van der Waals surface area contributed by atoms with Crippen LogP contribution in [0.5, 0.6) is 0 Å². The Labute approximate surface area is 186 Å². The molecule has 156 valence electrons. The van der Waals surface area contributed by atoms with Gasteiger partial charge >= 0.3 is 6.03 Å². The predicted molar refractivity (Wildman–Crippen MR) is 126 cm³/mol. The SMILES string of the molecule is O=C(NC1CC1)N1CC=C(c2cc3c(Nc4ccc5scnc5c4)ncnc3s2)CC1. The second-order valence-electron chi connectivity index (χ2n) is 7.86. The smallest absolute Gasteiger partial charge is 0.317 e. The van der Waals surface area contributed by atoms with E-state index in [4.69, 9.17) is 0 Å². The molecule has 1 aliphatic carbocycles. The molecule has 3 aromatic heterocycles. The lowest BCUT2D eigenvalue weighted by Gasteiger charge is -2.26. The number of anilines is 2. The van der Waals surface area contributed by atoms with Crippen LogP contribution in [0.3, 0.4) is 0 Å². The number of nitrogens with zero attached hydrogens (tertiary/aromatic N) is 4. The summed E-state index contributed by atoms with van der Waals surface area (Å²) >= 11 is 3.31. The van der Waals surface area contributed by atoms with Gasteiger partial charge in [-0.05, 0) is 49.1 Å². The number of carbonyl (C=O) groups excluding carboxylic acids is 1. The minimum atomic E-state index is 0.0589. The Bertz CT molecular complexity index is 1320. The van der Waals surface area contributed by atoms with Gasteiger partial charge in [0, 0.05) is 29.7 Å². The Balaban J connectivity index is 1.24. The third kappa shape index (κ3) is 3.75. The molecule has 0 atom stereocenters. The van der Waals surface area contributed by atoms with Crippen LogP contribution in [-0.4, -0.2) is 45.0 Å². The summed E-state index contributed by atoms with van der Waals surface area (Å²) in [6.45, 7) is 1.38. The Hall–Kier alpha value is -3.04. The van der Waals surface area contributed by atoms with Gasteiger partial charge in [0.2, 0.25) is 0 Å². The average Bonchev–Trinajstić information content (AvgIpc) is 3.30. The summed E-state index contributed by atoms with van der Waals surface area (Å²) in [5.74, 6) is 0.795. The van der Waals surface area contributed by atoms with Crippen molar-refractivity contribution in [2.75, 3.05) is 18.4 Å². The summed E-state index contributed by atoms with van der Waals surface area (Å²) in [5, 5.41) is 7.51. The first-order chi connectivity index (χ1) is 15.2. The molecule has 7 nitrogen and oxygen atoms in total. The second-order valence-corrected chi connectivity index (χ2v) is 9.78. The van der Waals surface area contributed by atoms with Crippen LogP contribution in [0.2, 0.25) is 0 Å². The standard InChI is InChI=1S/C22H20N6OS2/c29-22(27-14-1-2-14)28-7-5-13(6-8-28)19-10-16-20(23-11-24-21(16)31-19)26-15-3-4-18-17(9-15)25-12-30-18/h3-5,9-12,14H,1-2,6-8H2,(H,27,29)(H,23,24,26). The first kappa shape index (κ1) is 18.7. The first-order valence-electron chi connectivity index (χ1n) is 10.3. The highest BCUT2D eigenvalue weighted by atomic mass is 32.1. The molecule has 0 bridgehead atoms. The number of rotatable bonds is 4. The molecule has 2 aliphatic rings. The highest BCUT2D eigenvalue weighted by Crippen LogP contribution is 2.36. The van der Waals surface area contributed by atoms with E-state index in [-0.39, 0.29) is 6.03 Å². The van der Waals surface area contributed by atoms with Gasteiger partial charge in [-0.25, -0.2) is 19.7 Å². The normalized spacial score (nSPS) is 16.5. The van der Waals surface area contributed by atoms with E-state index in [0.29, 0.717) is 12.6 Å². The maximum atomic E-state index is 12.3. The van der Waals surface area contributed by atoms with Gasteiger partial charge in [-0.2, -0.15) is 0 Å². The van der Waals surface area contributed by atoms with Gasteiger partial charge in [0.15, 0.2) is 0 Å². The van der Waals surface area contributed by atoms with Crippen LogP contribution >= 0.6 is 22.7 Å². The van der Waals surface area contributed by atoms with Crippen LogP contribution in [-0.2, 0) is 0 Å². The van der Waals surface area contributed by atoms with Crippen LogP contribution in [0.25, 0.3) is 26.0 Å². The highest BCUT2D eigenvalue weighted by Gasteiger charge is 2.27. The van der Waals surface area contributed by atoms with Gasteiger partial charge in [-0.15, -0.1) is 22.7 Å². The van der Waals surface area contributed by atoms with Crippen molar-refractivity contribution in [3.05, 3.63) is 47.1 Å². The number of amides is 2. The summed E-state index contributed by atoms with van der Waals surface area (Å²) < 4.78 is 1.17. The zero-order valence-corrected chi connectivity index (χ0v) is 18.3. The monoisotopic (exact) mass is 448 g/mol. The van der Waals surface area contributed by atoms with E-state index in [1.54, 1.807) is 29.0 Å². The zero-order chi connectivity index (χ0) is 20.8. The molecule has 0 radical (unpaired) electrons. The van der Waals surface area contributed by atoms with E-state index in [0.717, 1.165) is 53.0 Å². The Kier molecular flexibility index (Phi) is 4.57.